The third kappa shape index (κ3) is 5.47. The molecule has 1 heterocycles. The number of carbonyl (C=O) groups is 3. The van der Waals surface area contributed by atoms with Gasteiger partial charge in [-0.25, -0.2) is 0 Å². The molecule has 0 radical (unpaired) electrons. The summed E-state index contributed by atoms with van der Waals surface area (Å²) in [5, 5.41) is 2.93. The second-order valence-electron chi connectivity index (χ2n) is 8.07. The maximum absolute atomic E-state index is 12.5. The number of para-hydroxylation sites is 2. The molecule has 164 valence electrons. The Morgan fingerprint density at radius 2 is 1.68 bits per heavy atom. The van der Waals surface area contributed by atoms with Crippen LogP contribution in [0.4, 0.5) is 11.4 Å². The van der Waals surface area contributed by atoms with Crippen LogP contribution in [0.5, 0.6) is 0 Å². The van der Waals surface area contributed by atoms with Crippen LogP contribution in [-0.4, -0.2) is 36.7 Å². The van der Waals surface area contributed by atoms with E-state index in [9.17, 15) is 14.4 Å². The van der Waals surface area contributed by atoms with Gasteiger partial charge in [0.2, 0.25) is 5.91 Å². The number of hydrogen-bond donors (Lipinski definition) is 1. The maximum Gasteiger partial charge on any atom is 0.326 e. The molecule has 7 heteroatoms. The molecule has 2 aromatic carbocycles. The topological polar surface area (TPSA) is 75.7 Å². The number of carbonyl (C=O) groups excluding carboxylic acids is 3. The number of rotatable bonds is 7. The Balaban J connectivity index is 1.63. The predicted octanol–water partition coefficient (Wildman–Crippen LogP) is 4.55. The summed E-state index contributed by atoms with van der Waals surface area (Å²) < 4.78 is 5.19. The number of anilines is 2. The van der Waals surface area contributed by atoms with Gasteiger partial charge in [0.15, 0.2) is 6.61 Å². The number of hydrogen-bond acceptors (Lipinski definition) is 5. The molecule has 0 bridgehead atoms. The lowest BCUT2D eigenvalue weighted by Crippen LogP contribution is -2.40. The number of esters is 1. The zero-order valence-electron chi connectivity index (χ0n) is 18.3. The van der Waals surface area contributed by atoms with Crippen LogP contribution in [0.3, 0.4) is 0 Å². The van der Waals surface area contributed by atoms with Crippen molar-refractivity contribution >= 4 is 40.9 Å². The van der Waals surface area contributed by atoms with E-state index in [1.165, 1.54) is 16.7 Å². The Morgan fingerprint density at radius 3 is 2.32 bits per heavy atom. The smallest absolute Gasteiger partial charge is 0.326 e. The molecule has 2 amide bonds. The molecule has 0 spiro atoms. The van der Waals surface area contributed by atoms with Crippen LogP contribution >= 0.6 is 11.8 Å². The number of benzene rings is 2. The van der Waals surface area contributed by atoms with Crippen molar-refractivity contribution in [3.05, 3.63) is 53.6 Å². The summed E-state index contributed by atoms with van der Waals surface area (Å²) in [6.07, 6.45) is 0. The van der Waals surface area contributed by atoms with E-state index in [2.05, 4.69) is 33.0 Å². The van der Waals surface area contributed by atoms with Crippen LogP contribution in [0, 0.1) is 0 Å². The van der Waals surface area contributed by atoms with E-state index < -0.39 is 18.5 Å². The first-order valence-electron chi connectivity index (χ1n) is 10.4. The van der Waals surface area contributed by atoms with Crippen molar-refractivity contribution in [2.24, 2.45) is 0 Å². The van der Waals surface area contributed by atoms with E-state index in [0.717, 1.165) is 21.7 Å². The molecule has 2 aromatic rings. The number of nitrogens with one attached hydrogen (secondary N) is 1. The predicted molar refractivity (Wildman–Crippen MR) is 124 cm³/mol. The minimum Gasteiger partial charge on any atom is -0.454 e. The number of thioether (sulfide) groups is 1. The van der Waals surface area contributed by atoms with Gasteiger partial charge < -0.3 is 10.1 Å². The molecule has 0 fully saturated rings. The molecule has 0 unspecified atom stereocenters. The maximum atomic E-state index is 12.5. The van der Waals surface area contributed by atoms with Gasteiger partial charge in [0.05, 0.1) is 11.4 Å². The highest BCUT2D eigenvalue weighted by Crippen LogP contribution is 2.35. The quantitative estimate of drug-likeness (QED) is 0.639. The fourth-order valence-electron chi connectivity index (χ4n) is 3.52. The standard InChI is InChI=1S/C24H28N2O4S/c1-15(2)17-8-7-9-18(16(3)4)24(17)25-21(27)13-30-23(29)12-26-19-10-5-6-11-20(19)31-14-22(26)28/h5-11,15-16H,12-14H2,1-4H3,(H,25,27). The molecule has 0 atom stereocenters. The van der Waals surface area contributed by atoms with Gasteiger partial charge in [-0.15, -0.1) is 11.8 Å². The van der Waals surface area contributed by atoms with Crippen LogP contribution in [0.1, 0.15) is 50.7 Å². The summed E-state index contributed by atoms with van der Waals surface area (Å²) in [6, 6.07) is 13.4. The van der Waals surface area contributed by atoms with Crippen LogP contribution < -0.4 is 10.2 Å². The minimum absolute atomic E-state index is 0.155. The SMILES string of the molecule is CC(C)c1cccc(C(C)C)c1NC(=O)COC(=O)CN1C(=O)CSc2ccccc21. The Kier molecular flexibility index (Phi) is 7.38. The van der Waals surface area contributed by atoms with Gasteiger partial charge >= 0.3 is 5.97 Å². The van der Waals surface area contributed by atoms with Crippen molar-refractivity contribution < 1.29 is 19.1 Å². The Morgan fingerprint density at radius 1 is 1.03 bits per heavy atom. The summed E-state index contributed by atoms with van der Waals surface area (Å²) in [4.78, 5) is 39.6. The van der Waals surface area contributed by atoms with Crippen molar-refractivity contribution in [1.82, 2.24) is 0 Å². The van der Waals surface area contributed by atoms with Gasteiger partial charge in [0.25, 0.3) is 5.91 Å². The van der Waals surface area contributed by atoms with Crippen LogP contribution in [0.25, 0.3) is 0 Å². The van der Waals surface area contributed by atoms with Gasteiger partial charge in [-0.3, -0.25) is 19.3 Å². The van der Waals surface area contributed by atoms with E-state index in [0.29, 0.717) is 5.69 Å². The molecule has 0 aromatic heterocycles. The largest absolute Gasteiger partial charge is 0.454 e. The number of nitrogens with zero attached hydrogens (tertiary/aromatic N) is 1. The first kappa shape index (κ1) is 22.9. The van der Waals surface area contributed by atoms with Crippen LogP contribution in [0.2, 0.25) is 0 Å². The first-order chi connectivity index (χ1) is 14.8. The van der Waals surface area contributed by atoms with Gasteiger partial charge in [-0.2, -0.15) is 0 Å². The summed E-state index contributed by atoms with van der Waals surface area (Å²) in [7, 11) is 0. The highest BCUT2D eigenvalue weighted by Gasteiger charge is 2.27. The highest BCUT2D eigenvalue weighted by molar-refractivity contribution is 8.00. The highest BCUT2D eigenvalue weighted by atomic mass is 32.2. The molecule has 0 saturated carbocycles. The lowest BCUT2D eigenvalue weighted by Gasteiger charge is -2.27. The summed E-state index contributed by atoms with van der Waals surface area (Å²) in [5.41, 5.74) is 3.56. The average Bonchev–Trinajstić information content (AvgIpc) is 2.74. The van der Waals surface area contributed by atoms with Crippen LogP contribution in [0.15, 0.2) is 47.4 Å². The molecule has 1 aliphatic rings. The Bertz CT molecular complexity index is 961. The fourth-order valence-corrected chi connectivity index (χ4v) is 4.45. The van der Waals surface area contributed by atoms with Crippen molar-refractivity contribution in [1.29, 1.82) is 0 Å². The zero-order chi connectivity index (χ0) is 22.5. The number of ether oxygens (including phenoxy) is 1. The third-order valence-electron chi connectivity index (χ3n) is 5.10. The average molecular weight is 441 g/mol. The molecular weight excluding hydrogens is 412 g/mol. The van der Waals surface area contributed by atoms with Crippen molar-refractivity contribution in [3.63, 3.8) is 0 Å². The molecule has 6 nitrogen and oxygen atoms in total. The normalized spacial score (nSPS) is 13.4. The summed E-state index contributed by atoms with van der Waals surface area (Å²) in [6.45, 7) is 7.66. The first-order valence-corrected chi connectivity index (χ1v) is 11.4. The van der Waals surface area contributed by atoms with E-state index in [-0.39, 0.29) is 30.0 Å². The Labute approximate surface area is 187 Å². The van der Waals surface area contributed by atoms with Crippen molar-refractivity contribution in [2.45, 2.75) is 44.4 Å². The molecule has 1 aliphatic heterocycles. The Hall–Kier alpha value is -2.80. The zero-order valence-corrected chi connectivity index (χ0v) is 19.1. The molecule has 0 saturated heterocycles. The van der Waals surface area contributed by atoms with Gasteiger partial charge in [-0.1, -0.05) is 58.0 Å². The minimum atomic E-state index is -0.619. The lowest BCUT2D eigenvalue weighted by molar-refractivity contribution is -0.146. The number of amides is 2. The monoisotopic (exact) mass is 440 g/mol. The molecular formula is C24H28N2O4S. The summed E-state index contributed by atoms with van der Waals surface area (Å²) in [5.74, 6) is -0.429. The van der Waals surface area contributed by atoms with Gasteiger partial charge in [0, 0.05) is 10.6 Å². The van der Waals surface area contributed by atoms with Gasteiger partial charge in [0.1, 0.15) is 6.54 Å². The molecule has 0 aliphatic carbocycles. The fraction of sp³-hybridized carbons (Fsp3) is 0.375. The third-order valence-corrected chi connectivity index (χ3v) is 6.14. The van der Waals surface area contributed by atoms with Crippen molar-refractivity contribution in [2.75, 3.05) is 29.1 Å². The molecule has 1 N–H and O–H groups in total. The second-order valence-corrected chi connectivity index (χ2v) is 9.08. The number of fused-ring (bicyclic) bond motifs is 1. The molecule has 31 heavy (non-hydrogen) atoms. The van der Waals surface area contributed by atoms with E-state index >= 15 is 0 Å². The van der Waals surface area contributed by atoms with E-state index in [1.807, 2.05) is 36.4 Å². The summed E-state index contributed by atoms with van der Waals surface area (Å²) >= 11 is 1.45. The van der Waals surface area contributed by atoms with Crippen molar-refractivity contribution in [3.8, 4) is 0 Å². The van der Waals surface area contributed by atoms with Crippen LogP contribution in [-0.2, 0) is 19.1 Å². The van der Waals surface area contributed by atoms with E-state index in [4.69, 9.17) is 4.74 Å². The van der Waals surface area contributed by atoms with Gasteiger partial charge in [-0.05, 0) is 35.1 Å². The van der Waals surface area contributed by atoms with E-state index in [1.54, 1.807) is 6.07 Å². The molecule has 3 rings (SSSR count). The lowest BCUT2D eigenvalue weighted by atomic mass is 9.92. The second kappa shape index (κ2) is 10.0.